The summed E-state index contributed by atoms with van der Waals surface area (Å²) >= 11 is 1.45. The van der Waals surface area contributed by atoms with Gasteiger partial charge in [0.2, 0.25) is 15.9 Å². The average molecular weight is 361 g/mol. The Morgan fingerprint density at radius 1 is 1.35 bits per heavy atom. The minimum absolute atomic E-state index is 0.131. The number of hydrogen-bond donors (Lipinski definition) is 2. The maximum atomic E-state index is 12.3. The third kappa shape index (κ3) is 6.14. The number of nitrogens with one attached hydrogen (secondary N) is 2. The SMILES string of the molecule is COCCCNS(=O)(=O)c1ccc(SC)c(NC(=O)C(C)C)c1. The molecule has 0 spiro atoms. The lowest BCUT2D eigenvalue weighted by molar-refractivity contribution is -0.118. The van der Waals surface area contributed by atoms with Crippen molar-refractivity contribution < 1.29 is 17.9 Å². The van der Waals surface area contributed by atoms with Crippen molar-refractivity contribution in [1.29, 1.82) is 0 Å². The Morgan fingerprint density at radius 3 is 2.61 bits per heavy atom. The van der Waals surface area contributed by atoms with Gasteiger partial charge in [0.15, 0.2) is 0 Å². The van der Waals surface area contributed by atoms with E-state index in [0.29, 0.717) is 25.3 Å². The van der Waals surface area contributed by atoms with Crippen LogP contribution in [0.5, 0.6) is 0 Å². The molecule has 0 saturated carbocycles. The third-order valence-electron chi connectivity index (χ3n) is 3.08. The van der Waals surface area contributed by atoms with Crippen molar-refractivity contribution in [3.05, 3.63) is 18.2 Å². The standard InChI is InChI=1S/C15H24N2O4S2/c1-11(2)15(18)17-13-10-12(6-7-14(13)22-4)23(19,20)16-8-5-9-21-3/h6-7,10-11,16H,5,8-9H2,1-4H3,(H,17,18). The van der Waals surface area contributed by atoms with Crippen LogP contribution >= 0.6 is 11.8 Å². The fourth-order valence-corrected chi connectivity index (χ4v) is 3.37. The molecule has 23 heavy (non-hydrogen) atoms. The molecule has 8 heteroatoms. The van der Waals surface area contributed by atoms with E-state index < -0.39 is 10.0 Å². The van der Waals surface area contributed by atoms with Crippen LogP contribution < -0.4 is 10.0 Å². The van der Waals surface area contributed by atoms with Gasteiger partial charge in [-0.25, -0.2) is 13.1 Å². The Balaban J connectivity index is 2.97. The minimum Gasteiger partial charge on any atom is -0.385 e. The van der Waals surface area contributed by atoms with E-state index in [-0.39, 0.29) is 16.7 Å². The average Bonchev–Trinajstić information content (AvgIpc) is 2.51. The first-order valence-electron chi connectivity index (χ1n) is 7.29. The number of hydrogen-bond acceptors (Lipinski definition) is 5. The Hall–Kier alpha value is -1.09. The van der Waals surface area contributed by atoms with E-state index in [0.717, 1.165) is 4.90 Å². The molecule has 0 atom stereocenters. The molecule has 0 radical (unpaired) electrons. The third-order valence-corrected chi connectivity index (χ3v) is 5.34. The van der Waals surface area contributed by atoms with Crippen molar-refractivity contribution in [1.82, 2.24) is 4.72 Å². The van der Waals surface area contributed by atoms with Crippen LogP contribution in [0.1, 0.15) is 20.3 Å². The molecule has 0 aromatic heterocycles. The normalized spacial score (nSPS) is 11.7. The number of anilines is 1. The van der Waals surface area contributed by atoms with E-state index in [4.69, 9.17) is 4.74 Å². The van der Waals surface area contributed by atoms with E-state index in [2.05, 4.69) is 10.0 Å². The van der Waals surface area contributed by atoms with Crippen molar-refractivity contribution in [2.45, 2.75) is 30.1 Å². The summed E-state index contributed by atoms with van der Waals surface area (Å²) in [6.45, 7) is 4.36. The van der Waals surface area contributed by atoms with Crippen molar-refractivity contribution in [2.24, 2.45) is 5.92 Å². The molecule has 0 saturated heterocycles. The second-order valence-corrected chi connectivity index (χ2v) is 7.87. The van der Waals surface area contributed by atoms with Crippen LogP contribution in [0.15, 0.2) is 28.0 Å². The smallest absolute Gasteiger partial charge is 0.240 e. The lowest BCUT2D eigenvalue weighted by atomic mass is 10.2. The molecule has 130 valence electrons. The first kappa shape index (κ1) is 20.0. The predicted octanol–water partition coefficient (Wildman–Crippen LogP) is 2.32. The summed E-state index contributed by atoms with van der Waals surface area (Å²) in [6, 6.07) is 4.73. The van der Waals surface area contributed by atoms with Gasteiger partial charge in [0.1, 0.15) is 0 Å². The quantitative estimate of drug-likeness (QED) is 0.521. The van der Waals surface area contributed by atoms with Crippen LogP contribution in [0.3, 0.4) is 0 Å². The highest BCUT2D eigenvalue weighted by Gasteiger charge is 2.17. The van der Waals surface area contributed by atoms with Gasteiger partial charge in [-0.2, -0.15) is 0 Å². The van der Waals surface area contributed by atoms with E-state index in [1.165, 1.54) is 23.9 Å². The van der Waals surface area contributed by atoms with Gasteiger partial charge in [-0.1, -0.05) is 13.8 Å². The molecule has 0 aliphatic rings. The number of rotatable bonds is 9. The van der Waals surface area contributed by atoms with Crippen LogP contribution in [0, 0.1) is 5.92 Å². The van der Waals surface area contributed by atoms with E-state index in [9.17, 15) is 13.2 Å². The second-order valence-electron chi connectivity index (χ2n) is 5.25. The summed E-state index contributed by atoms with van der Waals surface area (Å²) in [4.78, 5) is 12.8. The Morgan fingerprint density at radius 2 is 2.04 bits per heavy atom. The number of carbonyl (C=O) groups is 1. The summed E-state index contributed by atoms with van der Waals surface area (Å²) in [5.41, 5.74) is 0.510. The topological polar surface area (TPSA) is 84.5 Å². The Labute approximate surface area is 142 Å². The maximum absolute atomic E-state index is 12.3. The zero-order valence-corrected chi connectivity index (χ0v) is 15.5. The largest absolute Gasteiger partial charge is 0.385 e. The number of sulfonamides is 1. The first-order chi connectivity index (χ1) is 10.8. The minimum atomic E-state index is -3.61. The predicted molar refractivity (Wildman–Crippen MR) is 93.4 cm³/mol. The molecular formula is C15H24N2O4S2. The van der Waals surface area contributed by atoms with Crippen LogP contribution in [-0.2, 0) is 19.6 Å². The number of benzene rings is 1. The summed E-state index contributed by atoms with van der Waals surface area (Å²) in [5, 5.41) is 2.78. The molecule has 0 unspecified atom stereocenters. The van der Waals surface area contributed by atoms with Crippen molar-refractivity contribution >= 4 is 33.4 Å². The van der Waals surface area contributed by atoms with Crippen LogP contribution in [0.4, 0.5) is 5.69 Å². The van der Waals surface area contributed by atoms with Gasteiger partial charge in [0.25, 0.3) is 0 Å². The second kappa shape index (κ2) is 9.27. The highest BCUT2D eigenvalue weighted by Crippen LogP contribution is 2.28. The number of thioether (sulfide) groups is 1. The summed E-state index contributed by atoms with van der Waals surface area (Å²) in [5.74, 6) is -0.333. The Kier molecular flexibility index (Phi) is 8.04. The molecule has 1 aromatic rings. The maximum Gasteiger partial charge on any atom is 0.240 e. The molecule has 0 fully saturated rings. The molecule has 0 aliphatic carbocycles. The fourth-order valence-electron chi connectivity index (χ4n) is 1.74. The van der Waals surface area contributed by atoms with E-state index in [1.807, 2.05) is 6.26 Å². The van der Waals surface area contributed by atoms with Gasteiger partial charge in [-0.15, -0.1) is 11.8 Å². The molecular weight excluding hydrogens is 336 g/mol. The molecule has 1 aromatic carbocycles. The van der Waals surface area contributed by atoms with E-state index >= 15 is 0 Å². The highest BCUT2D eigenvalue weighted by atomic mass is 32.2. The molecule has 0 bridgehead atoms. The number of carbonyl (C=O) groups excluding carboxylic acids is 1. The monoisotopic (exact) mass is 360 g/mol. The molecule has 0 heterocycles. The van der Waals surface area contributed by atoms with E-state index in [1.54, 1.807) is 27.0 Å². The molecule has 2 N–H and O–H groups in total. The van der Waals surface area contributed by atoms with Crippen molar-refractivity contribution in [3.63, 3.8) is 0 Å². The molecule has 1 amide bonds. The summed E-state index contributed by atoms with van der Waals surface area (Å²) in [7, 11) is -2.04. The van der Waals surface area contributed by atoms with Crippen LogP contribution in [0.2, 0.25) is 0 Å². The fraction of sp³-hybridized carbons (Fsp3) is 0.533. The lowest BCUT2D eigenvalue weighted by Crippen LogP contribution is -2.26. The van der Waals surface area contributed by atoms with Gasteiger partial charge in [-0.3, -0.25) is 4.79 Å². The Bertz CT molecular complexity index is 630. The molecule has 6 nitrogen and oxygen atoms in total. The van der Waals surface area contributed by atoms with Gasteiger partial charge in [-0.05, 0) is 30.9 Å². The number of ether oxygens (including phenoxy) is 1. The van der Waals surface area contributed by atoms with Gasteiger partial charge in [0.05, 0.1) is 10.6 Å². The zero-order chi connectivity index (χ0) is 17.5. The van der Waals surface area contributed by atoms with Gasteiger partial charge >= 0.3 is 0 Å². The lowest BCUT2D eigenvalue weighted by Gasteiger charge is -2.14. The number of methoxy groups -OCH3 is 1. The molecule has 0 aliphatic heterocycles. The molecule has 1 rings (SSSR count). The summed E-state index contributed by atoms with van der Waals surface area (Å²) in [6.07, 6.45) is 2.47. The first-order valence-corrected chi connectivity index (χ1v) is 10.00. The summed E-state index contributed by atoms with van der Waals surface area (Å²) < 4.78 is 32.0. The zero-order valence-electron chi connectivity index (χ0n) is 13.9. The van der Waals surface area contributed by atoms with Gasteiger partial charge < -0.3 is 10.1 Å². The van der Waals surface area contributed by atoms with Crippen LogP contribution in [-0.4, -0.2) is 40.8 Å². The highest BCUT2D eigenvalue weighted by molar-refractivity contribution is 7.98. The van der Waals surface area contributed by atoms with Crippen molar-refractivity contribution in [2.75, 3.05) is 31.8 Å². The van der Waals surface area contributed by atoms with Gasteiger partial charge in [0, 0.05) is 31.1 Å². The van der Waals surface area contributed by atoms with Crippen molar-refractivity contribution in [3.8, 4) is 0 Å². The van der Waals surface area contributed by atoms with Crippen LogP contribution in [0.25, 0.3) is 0 Å². The number of amides is 1.